The highest BCUT2D eigenvalue weighted by atomic mass is 79.9. The molecule has 2 N–H and O–H groups in total. The fraction of sp³-hybridized carbons (Fsp3) is 0. The predicted molar refractivity (Wildman–Crippen MR) is 44.1 cm³/mol. The Labute approximate surface area is 70.6 Å². The molecule has 0 saturated heterocycles. The minimum absolute atomic E-state index is 0.249. The first kappa shape index (κ1) is 6.53. The van der Waals surface area contributed by atoms with Gasteiger partial charge in [0.25, 0.3) is 0 Å². The third kappa shape index (κ3) is 0.949. The van der Waals surface area contributed by atoms with E-state index < -0.39 is 0 Å². The van der Waals surface area contributed by atoms with E-state index in [0.29, 0.717) is 5.65 Å². The van der Waals surface area contributed by atoms with E-state index in [0.717, 1.165) is 5.52 Å². The minimum Gasteiger partial charge on any atom is -0.368 e. The Morgan fingerprint density at radius 2 is 2.27 bits per heavy atom. The summed E-state index contributed by atoms with van der Waals surface area (Å²) in [5.74, 6) is 0.249. The normalized spacial score (nSPS) is 10.6. The molecule has 0 unspecified atom stereocenters. The van der Waals surface area contributed by atoms with E-state index >= 15 is 0 Å². The van der Waals surface area contributed by atoms with E-state index in [1.54, 1.807) is 16.1 Å². The number of aromatic nitrogens is 4. The summed E-state index contributed by atoms with van der Waals surface area (Å²) in [6.07, 6.45) is 3.17. The Morgan fingerprint density at radius 1 is 1.45 bits per heavy atom. The second-order valence-corrected chi connectivity index (χ2v) is 2.76. The molecule has 0 aliphatic carbocycles. The van der Waals surface area contributed by atoms with E-state index in [2.05, 4.69) is 31.1 Å². The summed E-state index contributed by atoms with van der Waals surface area (Å²) in [6, 6.07) is 0. The molecule has 6 heteroatoms. The molecule has 0 saturated carbocycles. The quantitative estimate of drug-likeness (QED) is 0.695. The SMILES string of the molecule is Nc1ncc2ncn(Br)c2n1. The average molecular weight is 214 g/mol. The molecule has 2 aromatic heterocycles. The minimum atomic E-state index is 0.249. The van der Waals surface area contributed by atoms with Crippen molar-refractivity contribution in [2.24, 2.45) is 0 Å². The van der Waals surface area contributed by atoms with Crippen LogP contribution in [0.3, 0.4) is 0 Å². The summed E-state index contributed by atoms with van der Waals surface area (Å²) in [5.41, 5.74) is 6.76. The first-order valence-corrected chi connectivity index (χ1v) is 3.60. The van der Waals surface area contributed by atoms with Crippen molar-refractivity contribution in [3.63, 3.8) is 0 Å². The van der Waals surface area contributed by atoms with Gasteiger partial charge in [-0.05, 0) is 0 Å². The number of hydrogen-bond donors (Lipinski definition) is 1. The van der Waals surface area contributed by atoms with Gasteiger partial charge in [-0.15, -0.1) is 0 Å². The van der Waals surface area contributed by atoms with Crippen molar-refractivity contribution in [2.45, 2.75) is 0 Å². The molecular formula is C5H4BrN5. The molecule has 0 aromatic carbocycles. The van der Waals surface area contributed by atoms with Crippen LogP contribution in [0, 0.1) is 0 Å². The van der Waals surface area contributed by atoms with Crippen molar-refractivity contribution >= 4 is 33.3 Å². The molecule has 0 amide bonds. The molecule has 0 fully saturated rings. The molecule has 0 aliphatic heterocycles. The van der Waals surface area contributed by atoms with Gasteiger partial charge in [0, 0.05) is 0 Å². The van der Waals surface area contributed by atoms with Crippen LogP contribution in [0.15, 0.2) is 12.5 Å². The van der Waals surface area contributed by atoms with Gasteiger partial charge in [-0.1, -0.05) is 0 Å². The van der Waals surface area contributed by atoms with Gasteiger partial charge in [0.1, 0.15) is 11.8 Å². The highest BCUT2D eigenvalue weighted by Crippen LogP contribution is 2.11. The molecule has 11 heavy (non-hydrogen) atoms. The lowest BCUT2D eigenvalue weighted by Crippen LogP contribution is -1.94. The van der Waals surface area contributed by atoms with Crippen molar-refractivity contribution in [1.82, 2.24) is 18.5 Å². The van der Waals surface area contributed by atoms with Crippen molar-refractivity contribution in [1.29, 1.82) is 0 Å². The highest BCUT2D eigenvalue weighted by molar-refractivity contribution is 9.08. The zero-order chi connectivity index (χ0) is 7.84. The zero-order valence-corrected chi connectivity index (χ0v) is 6.98. The number of halogens is 1. The molecule has 5 nitrogen and oxygen atoms in total. The maximum Gasteiger partial charge on any atom is 0.222 e. The van der Waals surface area contributed by atoms with E-state index in [4.69, 9.17) is 5.73 Å². The molecule has 0 bridgehead atoms. The Bertz CT molecular complexity index is 395. The van der Waals surface area contributed by atoms with Crippen LogP contribution in [-0.4, -0.2) is 18.5 Å². The first-order valence-electron chi connectivity index (χ1n) is 2.89. The largest absolute Gasteiger partial charge is 0.368 e. The van der Waals surface area contributed by atoms with Crippen LogP contribution in [0.5, 0.6) is 0 Å². The molecule has 2 aromatic rings. The fourth-order valence-electron chi connectivity index (χ4n) is 0.796. The standard InChI is InChI=1S/C5H4BrN5/c6-11-2-9-3-1-8-5(7)10-4(3)11/h1-2H,(H2,7,8,10). The van der Waals surface area contributed by atoms with Gasteiger partial charge in [0.15, 0.2) is 5.65 Å². The number of nitrogens with zero attached hydrogens (tertiary/aromatic N) is 4. The van der Waals surface area contributed by atoms with Gasteiger partial charge < -0.3 is 5.73 Å². The Morgan fingerprint density at radius 3 is 3.09 bits per heavy atom. The Balaban J connectivity index is 2.87. The second-order valence-electron chi connectivity index (χ2n) is 1.99. The number of hydrogen-bond acceptors (Lipinski definition) is 4. The maximum atomic E-state index is 5.37. The summed E-state index contributed by atoms with van der Waals surface area (Å²) >= 11 is 3.21. The maximum absolute atomic E-state index is 5.37. The van der Waals surface area contributed by atoms with Gasteiger partial charge in [0.05, 0.1) is 22.3 Å². The van der Waals surface area contributed by atoms with Crippen molar-refractivity contribution < 1.29 is 0 Å². The number of rotatable bonds is 0. The summed E-state index contributed by atoms with van der Waals surface area (Å²) in [4.78, 5) is 11.7. The average Bonchev–Trinajstić information content (AvgIpc) is 2.33. The zero-order valence-electron chi connectivity index (χ0n) is 5.40. The van der Waals surface area contributed by atoms with E-state index in [9.17, 15) is 0 Å². The number of fused-ring (bicyclic) bond motifs is 1. The van der Waals surface area contributed by atoms with Crippen molar-refractivity contribution in [2.75, 3.05) is 5.73 Å². The van der Waals surface area contributed by atoms with Gasteiger partial charge >= 0.3 is 0 Å². The van der Waals surface area contributed by atoms with E-state index in [-0.39, 0.29) is 5.95 Å². The molecular weight excluding hydrogens is 210 g/mol. The molecule has 56 valence electrons. The third-order valence-corrected chi connectivity index (χ3v) is 1.79. The predicted octanol–water partition coefficient (Wildman–Crippen LogP) is 0.567. The van der Waals surface area contributed by atoms with Crippen molar-refractivity contribution in [3.8, 4) is 0 Å². The lowest BCUT2D eigenvalue weighted by Gasteiger charge is -1.91. The third-order valence-electron chi connectivity index (χ3n) is 1.27. The lowest BCUT2D eigenvalue weighted by atomic mass is 10.6. The number of nitrogen functional groups attached to an aromatic ring is 1. The van der Waals surface area contributed by atoms with Gasteiger partial charge in [-0.3, -0.25) is 0 Å². The summed E-state index contributed by atoms with van der Waals surface area (Å²) < 4.78 is 1.61. The number of anilines is 1. The van der Waals surface area contributed by atoms with E-state index in [1.165, 1.54) is 0 Å². The second kappa shape index (κ2) is 2.16. The summed E-state index contributed by atoms with van der Waals surface area (Å²) in [5, 5.41) is 0. The van der Waals surface area contributed by atoms with Crippen LogP contribution in [0.4, 0.5) is 5.95 Å². The summed E-state index contributed by atoms with van der Waals surface area (Å²) in [6.45, 7) is 0. The molecule has 0 spiro atoms. The summed E-state index contributed by atoms with van der Waals surface area (Å²) in [7, 11) is 0. The van der Waals surface area contributed by atoms with Crippen molar-refractivity contribution in [3.05, 3.63) is 12.5 Å². The number of imidazole rings is 1. The molecule has 0 atom stereocenters. The van der Waals surface area contributed by atoms with Crippen LogP contribution >= 0.6 is 16.1 Å². The Kier molecular flexibility index (Phi) is 1.28. The smallest absolute Gasteiger partial charge is 0.222 e. The van der Waals surface area contributed by atoms with Crippen LogP contribution in [-0.2, 0) is 0 Å². The molecule has 2 rings (SSSR count). The van der Waals surface area contributed by atoms with Crippen LogP contribution < -0.4 is 5.73 Å². The van der Waals surface area contributed by atoms with Gasteiger partial charge in [0.2, 0.25) is 5.95 Å². The lowest BCUT2D eigenvalue weighted by molar-refractivity contribution is 1.20. The number of nitrogens with two attached hydrogens (primary N) is 1. The van der Waals surface area contributed by atoms with Gasteiger partial charge in [-0.2, -0.15) is 4.98 Å². The van der Waals surface area contributed by atoms with Crippen LogP contribution in [0.2, 0.25) is 0 Å². The van der Waals surface area contributed by atoms with Crippen LogP contribution in [0.25, 0.3) is 11.2 Å². The molecule has 0 aliphatic rings. The van der Waals surface area contributed by atoms with Gasteiger partial charge in [-0.25, -0.2) is 13.6 Å². The first-order chi connectivity index (χ1) is 5.27. The molecule has 2 heterocycles. The van der Waals surface area contributed by atoms with Crippen LogP contribution in [0.1, 0.15) is 0 Å². The monoisotopic (exact) mass is 213 g/mol. The topological polar surface area (TPSA) is 69.6 Å². The highest BCUT2D eigenvalue weighted by Gasteiger charge is 2.01. The Hall–Kier alpha value is -1.17. The fourth-order valence-corrected chi connectivity index (χ4v) is 1.15. The van der Waals surface area contributed by atoms with E-state index in [1.807, 2.05) is 0 Å². The molecule has 0 radical (unpaired) electrons.